The van der Waals surface area contributed by atoms with E-state index in [0.717, 1.165) is 32.0 Å². The fraction of sp³-hybridized carbons (Fsp3) is 0.696. The summed E-state index contributed by atoms with van der Waals surface area (Å²) < 4.78 is 44.8. The Kier molecular flexibility index (Phi) is 8.36. The van der Waals surface area contributed by atoms with Crippen LogP contribution in [-0.4, -0.2) is 73.7 Å². The van der Waals surface area contributed by atoms with Crippen LogP contribution in [0.15, 0.2) is 24.3 Å². The van der Waals surface area contributed by atoms with Crippen molar-refractivity contribution < 1.29 is 22.7 Å². The summed E-state index contributed by atoms with van der Waals surface area (Å²) in [6.07, 6.45) is -2.04. The molecule has 2 aliphatic rings. The van der Waals surface area contributed by atoms with Gasteiger partial charge in [-0.2, -0.15) is 13.2 Å². The van der Waals surface area contributed by atoms with Crippen molar-refractivity contribution in [3.8, 4) is 0 Å². The van der Waals surface area contributed by atoms with Gasteiger partial charge < -0.3 is 15.0 Å². The molecular weight excluding hydrogens is 407 g/mol. The summed E-state index contributed by atoms with van der Waals surface area (Å²) in [7, 11) is 0. The van der Waals surface area contributed by atoms with E-state index in [2.05, 4.69) is 10.2 Å². The Hall–Kier alpha value is -1.64. The molecule has 0 aromatic heterocycles. The molecule has 1 N–H and O–H groups in total. The minimum Gasteiger partial charge on any atom is -0.378 e. The average molecular weight is 442 g/mol. The number of morpholine rings is 1. The minimum atomic E-state index is -4.35. The number of amides is 1. The number of hydrogen-bond acceptors (Lipinski definition) is 4. The van der Waals surface area contributed by atoms with Gasteiger partial charge in [0.25, 0.3) is 0 Å². The van der Waals surface area contributed by atoms with Crippen LogP contribution in [0.5, 0.6) is 0 Å². The van der Waals surface area contributed by atoms with E-state index >= 15 is 0 Å². The highest BCUT2D eigenvalue weighted by Gasteiger charge is 2.38. The van der Waals surface area contributed by atoms with E-state index in [9.17, 15) is 18.0 Å². The summed E-state index contributed by atoms with van der Waals surface area (Å²) in [4.78, 5) is 17.7. The molecule has 8 heteroatoms. The number of ether oxygens (including phenoxy) is 1. The first-order chi connectivity index (χ1) is 14.8. The molecule has 0 saturated carbocycles. The van der Waals surface area contributed by atoms with Crippen molar-refractivity contribution in [2.75, 3.05) is 45.9 Å². The molecule has 2 heterocycles. The molecule has 2 aliphatic heterocycles. The van der Waals surface area contributed by atoms with Gasteiger partial charge in [0, 0.05) is 19.1 Å². The number of alkyl halides is 3. The van der Waals surface area contributed by atoms with E-state index in [4.69, 9.17) is 4.74 Å². The second-order valence-corrected chi connectivity index (χ2v) is 8.55. The van der Waals surface area contributed by atoms with E-state index in [-0.39, 0.29) is 23.9 Å². The van der Waals surface area contributed by atoms with E-state index in [1.807, 2.05) is 18.7 Å². The zero-order valence-corrected chi connectivity index (χ0v) is 18.5. The lowest BCUT2D eigenvalue weighted by Crippen LogP contribution is -2.58. The number of hydrogen-bond donors (Lipinski definition) is 1. The summed E-state index contributed by atoms with van der Waals surface area (Å²) in [5.74, 6) is 0.369. The molecular formula is C23H34F3N3O2. The smallest absolute Gasteiger partial charge is 0.378 e. The number of nitrogens with zero attached hydrogens (tertiary/aromatic N) is 2. The van der Waals surface area contributed by atoms with Crippen molar-refractivity contribution >= 4 is 5.91 Å². The first kappa shape index (κ1) is 24.0. The third kappa shape index (κ3) is 6.20. The van der Waals surface area contributed by atoms with Gasteiger partial charge >= 0.3 is 6.18 Å². The molecule has 2 atom stereocenters. The highest BCUT2D eigenvalue weighted by molar-refractivity contribution is 5.82. The standard InChI is InChI=1S/C23H34F3N3O2/c1-3-29(17(2)15-18-5-4-6-20(16-18)23(24,25)26)21(19-7-9-27-10-8-19)22(30)28-11-13-31-14-12-28/h4-6,16-17,19,21,27H,3,7-15H2,1-2H3. The quantitative estimate of drug-likeness (QED) is 0.706. The summed E-state index contributed by atoms with van der Waals surface area (Å²) in [6, 6.07) is 5.22. The van der Waals surface area contributed by atoms with E-state index in [0.29, 0.717) is 44.8 Å². The molecule has 174 valence electrons. The van der Waals surface area contributed by atoms with Crippen molar-refractivity contribution in [2.24, 2.45) is 5.92 Å². The maximum absolute atomic E-state index is 13.6. The normalized spacial score (nSPS) is 20.6. The molecule has 1 aromatic rings. The molecule has 2 saturated heterocycles. The fourth-order valence-corrected chi connectivity index (χ4v) is 4.86. The van der Waals surface area contributed by atoms with Crippen LogP contribution in [0.25, 0.3) is 0 Å². The van der Waals surface area contributed by atoms with Crippen LogP contribution in [0.1, 0.15) is 37.8 Å². The topological polar surface area (TPSA) is 44.8 Å². The molecule has 5 nitrogen and oxygen atoms in total. The second kappa shape index (κ2) is 10.8. The predicted molar refractivity (Wildman–Crippen MR) is 114 cm³/mol. The van der Waals surface area contributed by atoms with E-state index in [1.165, 1.54) is 12.1 Å². The zero-order chi connectivity index (χ0) is 22.4. The molecule has 2 unspecified atom stereocenters. The third-order valence-corrected chi connectivity index (χ3v) is 6.48. The first-order valence-electron chi connectivity index (χ1n) is 11.3. The molecule has 1 amide bonds. The number of carbonyl (C=O) groups is 1. The minimum absolute atomic E-state index is 0.0571. The maximum Gasteiger partial charge on any atom is 0.416 e. The van der Waals surface area contributed by atoms with Crippen LogP contribution in [0.2, 0.25) is 0 Å². The highest BCUT2D eigenvalue weighted by atomic mass is 19.4. The molecule has 0 bridgehead atoms. The van der Waals surface area contributed by atoms with Crippen LogP contribution >= 0.6 is 0 Å². The fourth-order valence-electron chi connectivity index (χ4n) is 4.86. The molecule has 3 rings (SSSR count). The number of benzene rings is 1. The molecule has 0 aliphatic carbocycles. The number of rotatable bonds is 7. The number of piperidine rings is 1. The lowest BCUT2D eigenvalue weighted by Gasteiger charge is -2.43. The largest absolute Gasteiger partial charge is 0.416 e. The summed E-state index contributed by atoms with van der Waals surface area (Å²) >= 11 is 0. The van der Waals surface area contributed by atoms with Crippen LogP contribution in [0, 0.1) is 5.92 Å². The Morgan fingerprint density at radius 3 is 2.55 bits per heavy atom. The number of carbonyl (C=O) groups excluding carboxylic acids is 1. The van der Waals surface area contributed by atoms with Gasteiger partial charge in [-0.05, 0) is 63.4 Å². The first-order valence-corrected chi connectivity index (χ1v) is 11.3. The van der Waals surface area contributed by atoms with Gasteiger partial charge in [-0.1, -0.05) is 25.1 Å². The van der Waals surface area contributed by atoms with Gasteiger partial charge in [-0.25, -0.2) is 0 Å². The maximum atomic E-state index is 13.6. The van der Waals surface area contributed by atoms with E-state index < -0.39 is 11.7 Å². The zero-order valence-electron chi connectivity index (χ0n) is 18.5. The third-order valence-electron chi connectivity index (χ3n) is 6.48. The van der Waals surface area contributed by atoms with Crippen molar-refractivity contribution in [2.45, 2.75) is 51.4 Å². The SMILES string of the molecule is CCN(C(C)Cc1cccc(C(F)(F)F)c1)C(C(=O)N1CCOCC1)C1CCNCC1. The van der Waals surface area contributed by atoms with Crippen molar-refractivity contribution in [1.82, 2.24) is 15.1 Å². The summed E-state index contributed by atoms with van der Waals surface area (Å²) in [6.45, 7) is 8.79. The Labute approximate surface area is 182 Å². The van der Waals surface area contributed by atoms with Crippen molar-refractivity contribution in [1.29, 1.82) is 0 Å². The predicted octanol–water partition coefficient (Wildman–Crippen LogP) is 3.19. The van der Waals surface area contributed by atoms with Gasteiger partial charge in [-0.15, -0.1) is 0 Å². The summed E-state index contributed by atoms with van der Waals surface area (Å²) in [5.41, 5.74) is 0.0169. The monoisotopic (exact) mass is 441 g/mol. The molecule has 2 fully saturated rings. The Balaban J connectivity index is 1.80. The van der Waals surface area contributed by atoms with Crippen LogP contribution in [0.4, 0.5) is 13.2 Å². The molecule has 1 aromatic carbocycles. The molecule has 0 radical (unpaired) electrons. The van der Waals surface area contributed by atoms with Crippen molar-refractivity contribution in [3.05, 3.63) is 35.4 Å². The van der Waals surface area contributed by atoms with Crippen LogP contribution in [-0.2, 0) is 22.1 Å². The summed E-state index contributed by atoms with van der Waals surface area (Å²) in [5, 5.41) is 3.36. The lowest BCUT2D eigenvalue weighted by molar-refractivity contribution is -0.144. The van der Waals surface area contributed by atoms with Gasteiger partial charge in [0.1, 0.15) is 0 Å². The number of halogens is 3. The van der Waals surface area contributed by atoms with Gasteiger partial charge in [0.05, 0.1) is 24.8 Å². The van der Waals surface area contributed by atoms with Gasteiger partial charge in [-0.3, -0.25) is 9.69 Å². The number of likely N-dealkylation sites (N-methyl/N-ethyl adjacent to an activating group) is 1. The molecule has 31 heavy (non-hydrogen) atoms. The van der Waals surface area contributed by atoms with Crippen LogP contribution in [0.3, 0.4) is 0 Å². The number of nitrogens with one attached hydrogen (secondary N) is 1. The lowest BCUT2D eigenvalue weighted by atomic mass is 9.86. The Morgan fingerprint density at radius 1 is 1.26 bits per heavy atom. The van der Waals surface area contributed by atoms with Crippen molar-refractivity contribution in [3.63, 3.8) is 0 Å². The molecule has 0 spiro atoms. The highest BCUT2D eigenvalue weighted by Crippen LogP contribution is 2.31. The Bertz CT molecular complexity index is 716. The van der Waals surface area contributed by atoms with E-state index in [1.54, 1.807) is 6.07 Å². The Morgan fingerprint density at radius 2 is 1.94 bits per heavy atom. The van der Waals surface area contributed by atoms with Gasteiger partial charge in [0.15, 0.2) is 0 Å². The second-order valence-electron chi connectivity index (χ2n) is 8.55. The average Bonchev–Trinajstić information content (AvgIpc) is 2.77. The van der Waals surface area contributed by atoms with Crippen LogP contribution < -0.4 is 5.32 Å². The van der Waals surface area contributed by atoms with Gasteiger partial charge in [0.2, 0.25) is 5.91 Å².